The predicted octanol–water partition coefficient (Wildman–Crippen LogP) is 1.21. The summed E-state index contributed by atoms with van der Waals surface area (Å²) >= 11 is 0. The van der Waals surface area contributed by atoms with E-state index in [4.69, 9.17) is 4.74 Å². The van der Waals surface area contributed by atoms with Gasteiger partial charge >= 0.3 is 6.03 Å². The lowest BCUT2D eigenvalue weighted by Crippen LogP contribution is -2.46. The molecule has 0 spiro atoms. The molecule has 0 saturated carbocycles. The highest BCUT2D eigenvalue weighted by molar-refractivity contribution is 5.74. The van der Waals surface area contributed by atoms with E-state index < -0.39 is 6.10 Å². The molecule has 0 fully saturated rings. The number of ether oxygens (including phenoxy) is 1. The van der Waals surface area contributed by atoms with Crippen LogP contribution in [0, 0.1) is 0 Å². The molecule has 5 heteroatoms. The molecule has 5 nitrogen and oxygen atoms in total. The molecule has 0 aliphatic carbocycles. The molecule has 0 radical (unpaired) electrons. The van der Waals surface area contributed by atoms with Crippen LogP contribution in [0.4, 0.5) is 4.79 Å². The molecule has 0 saturated heterocycles. The van der Waals surface area contributed by atoms with Gasteiger partial charge in [-0.15, -0.1) is 0 Å². The standard InChI is InChI=1S/C12H26N2O3/c1-9(7-12(3,4)17-6)13-11(16)14(5)8-10(2)15/h9-10,15H,7-8H2,1-6H3,(H,13,16). The van der Waals surface area contributed by atoms with E-state index in [2.05, 4.69) is 5.32 Å². The zero-order valence-electron chi connectivity index (χ0n) is 11.8. The summed E-state index contributed by atoms with van der Waals surface area (Å²) in [5, 5.41) is 12.1. The Kier molecular flexibility index (Phi) is 6.49. The zero-order chi connectivity index (χ0) is 13.6. The Morgan fingerprint density at radius 2 is 2.00 bits per heavy atom. The number of amides is 2. The fourth-order valence-corrected chi connectivity index (χ4v) is 1.67. The third-order valence-electron chi connectivity index (χ3n) is 2.61. The average molecular weight is 246 g/mol. The first-order valence-electron chi connectivity index (χ1n) is 5.93. The van der Waals surface area contributed by atoms with Crippen LogP contribution in [0.15, 0.2) is 0 Å². The zero-order valence-corrected chi connectivity index (χ0v) is 11.8. The van der Waals surface area contributed by atoms with Gasteiger partial charge in [-0.2, -0.15) is 0 Å². The molecule has 2 atom stereocenters. The first-order chi connectivity index (χ1) is 7.68. The number of nitrogens with zero attached hydrogens (tertiary/aromatic N) is 1. The minimum absolute atomic E-state index is 0.0221. The van der Waals surface area contributed by atoms with Gasteiger partial charge in [0.15, 0.2) is 0 Å². The molecule has 2 unspecified atom stereocenters. The van der Waals surface area contributed by atoms with Crippen molar-refractivity contribution in [3.63, 3.8) is 0 Å². The fourth-order valence-electron chi connectivity index (χ4n) is 1.67. The van der Waals surface area contributed by atoms with E-state index in [0.717, 1.165) is 6.42 Å². The van der Waals surface area contributed by atoms with Crippen LogP contribution in [0.5, 0.6) is 0 Å². The third-order valence-corrected chi connectivity index (χ3v) is 2.61. The molecule has 0 heterocycles. The van der Waals surface area contributed by atoms with Crippen molar-refractivity contribution in [1.82, 2.24) is 10.2 Å². The smallest absolute Gasteiger partial charge is 0.317 e. The molecular formula is C12H26N2O3. The van der Waals surface area contributed by atoms with Crippen molar-refractivity contribution in [2.45, 2.75) is 51.9 Å². The molecule has 0 aromatic carbocycles. The molecule has 0 aromatic rings. The van der Waals surface area contributed by atoms with Gasteiger partial charge in [0.05, 0.1) is 11.7 Å². The number of hydrogen-bond donors (Lipinski definition) is 2. The van der Waals surface area contributed by atoms with Crippen LogP contribution < -0.4 is 5.32 Å². The van der Waals surface area contributed by atoms with Gasteiger partial charge in [0.2, 0.25) is 0 Å². The van der Waals surface area contributed by atoms with E-state index in [0.29, 0.717) is 6.54 Å². The number of rotatable bonds is 6. The summed E-state index contributed by atoms with van der Waals surface area (Å²) in [6.07, 6.45) is 0.217. The van der Waals surface area contributed by atoms with Crippen LogP contribution in [0.2, 0.25) is 0 Å². The van der Waals surface area contributed by atoms with Crippen LogP contribution in [-0.2, 0) is 4.74 Å². The molecule has 102 valence electrons. The second-order valence-electron chi connectivity index (χ2n) is 5.25. The van der Waals surface area contributed by atoms with Gasteiger partial charge in [-0.1, -0.05) is 0 Å². The summed E-state index contributed by atoms with van der Waals surface area (Å²) in [4.78, 5) is 13.2. The van der Waals surface area contributed by atoms with Crippen molar-refractivity contribution in [3.8, 4) is 0 Å². The summed E-state index contributed by atoms with van der Waals surface area (Å²) < 4.78 is 5.31. The van der Waals surface area contributed by atoms with Crippen molar-refractivity contribution >= 4 is 6.03 Å². The minimum atomic E-state index is -0.517. The van der Waals surface area contributed by atoms with E-state index in [1.807, 2.05) is 20.8 Å². The van der Waals surface area contributed by atoms with Crippen LogP contribution in [0.1, 0.15) is 34.1 Å². The fraction of sp³-hybridized carbons (Fsp3) is 0.917. The van der Waals surface area contributed by atoms with Crippen LogP contribution in [0.25, 0.3) is 0 Å². The number of hydrogen-bond acceptors (Lipinski definition) is 3. The number of aliphatic hydroxyl groups is 1. The summed E-state index contributed by atoms with van der Waals surface area (Å²) in [6, 6.07) is -0.154. The Balaban J connectivity index is 4.12. The number of carbonyl (C=O) groups excluding carboxylic acids is 1. The molecule has 0 bridgehead atoms. The number of urea groups is 1. The monoisotopic (exact) mass is 246 g/mol. The van der Waals surface area contributed by atoms with E-state index in [1.165, 1.54) is 4.90 Å². The van der Waals surface area contributed by atoms with E-state index in [9.17, 15) is 9.90 Å². The maximum Gasteiger partial charge on any atom is 0.317 e. The molecule has 2 N–H and O–H groups in total. The Labute approximate surface area is 104 Å². The average Bonchev–Trinajstić information content (AvgIpc) is 2.15. The van der Waals surface area contributed by atoms with Gasteiger partial charge in [-0.05, 0) is 34.1 Å². The second-order valence-corrected chi connectivity index (χ2v) is 5.25. The minimum Gasteiger partial charge on any atom is -0.392 e. The largest absolute Gasteiger partial charge is 0.392 e. The highest BCUT2D eigenvalue weighted by atomic mass is 16.5. The number of aliphatic hydroxyl groups excluding tert-OH is 1. The normalized spacial score (nSPS) is 15.2. The van der Waals surface area contributed by atoms with E-state index >= 15 is 0 Å². The summed E-state index contributed by atoms with van der Waals surface area (Å²) in [6.45, 7) is 7.88. The maximum atomic E-state index is 11.7. The topological polar surface area (TPSA) is 61.8 Å². The van der Waals surface area contributed by atoms with Crippen molar-refractivity contribution in [2.75, 3.05) is 20.7 Å². The highest BCUT2D eigenvalue weighted by Crippen LogP contribution is 2.15. The Morgan fingerprint density at radius 1 is 1.47 bits per heavy atom. The van der Waals surface area contributed by atoms with Gasteiger partial charge in [0, 0.05) is 26.7 Å². The number of nitrogens with one attached hydrogen (secondary N) is 1. The first kappa shape index (κ1) is 16.2. The molecule has 0 rings (SSSR count). The molecule has 0 aliphatic heterocycles. The molecular weight excluding hydrogens is 220 g/mol. The van der Waals surface area contributed by atoms with Gasteiger partial charge in [0.25, 0.3) is 0 Å². The Morgan fingerprint density at radius 3 is 2.41 bits per heavy atom. The summed E-state index contributed by atoms with van der Waals surface area (Å²) in [5.74, 6) is 0. The SMILES string of the molecule is COC(C)(C)CC(C)NC(=O)N(C)CC(C)O. The highest BCUT2D eigenvalue weighted by Gasteiger charge is 2.22. The summed E-state index contributed by atoms with van der Waals surface area (Å²) in [5.41, 5.74) is -0.254. The lowest BCUT2D eigenvalue weighted by atomic mass is 10.00. The lowest BCUT2D eigenvalue weighted by molar-refractivity contribution is 0.00908. The van der Waals surface area contributed by atoms with E-state index in [-0.39, 0.29) is 17.7 Å². The number of carbonyl (C=O) groups is 1. The van der Waals surface area contributed by atoms with Gasteiger partial charge in [-0.3, -0.25) is 0 Å². The molecule has 17 heavy (non-hydrogen) atoms. The van der Waals surface area contributed by atoms with Crippen molar-refractivity contribution < 1.29 is 14.6 Å². The molecule has 0 aliphatic rings. The second kappa shape index (κ2) is 6.81. The van der Waals surface area contributed by atoms with Gasteiger partial charge < -0.3 is 20.1 Å². The maximum absolute atomic E-state index is 11.7. The number of likely N-dealkylation sites (N-methyl/N-ethyl adjacent to an activating group) is 1. The number of methoxy groups -OCH3 is 1. The Hall–Kier alpha value is -0.810. The quantitative estimate of drug-likeness (QED) is 0.740. The van der Waals surface area contributed by atoms with Crippen molar-refractivity contribution in [1.29, 1.82) is 0 Å². The van der Waals surface area contributed by atoms with Crippen molar-refractivity contribution in [3.05, 3.63) is 0 Å². The third kappa shape index (κ3) is 7.18. The Bertz CT molecular complexity index is 242. The molecule has 2 amide bonds. The van der Waals surface area contributed by atoms with Crippen LogP contribution >= 0.6 is 0 Å². The first-order valence-corrected chi connectivity index (χ1v) is 5.93. The van der Waals surface area contributed by atoms with Crippen LogP contribution in [0.3, 0.4) is 0 Å². The lowest BCUT2D eigenvalue weighted by Gasteiger charge is -2.28. The van der Waals surface area contributed by atoms with Crippen LogP contribution in [-0.4, -0.2) is 54.5 Å². The molecule has 0 aromatic heterocycles. The van der Waals surface area contributed by atoms with Gasteiger partial charge in [-0.25, -0.2) is 4.79 Å². The van der Waals surface area contributed by atoms with Gasteiger partial charge in [0.1, 0.15) is 0 Å². The van der Waals surface area contributed by atoms with Crippen molar-refractivity contribution in [2.24, 2.45) is 0 Å². The van der Waals surface area contributed by atoms with E-state index in [1.54, 1.807) is 21.1 Å². The summed E-state index contributed by atoms with van der Waals surface area (Å²) in [7, 11) is 3.32. The predicted molar refractivity (Wildman–Crippen MR) is 68.0 cm³/mol.